The summed E-state index contributed by atoms with van der Waals surface area (Å²) in [5.41, 5.74) is 4.22. The van der Waals surface area contributed by atoms with E-state index in [0.29, 0.717) is 0 Å². The second kappa shape index (κ2) is 9.46. The van der Waals surface area contributed by atoms with Crippen LogP contribution in [0.1, 0.15) is 68.1 Å². The summed E-state index contributed by atoms with van der Waals surface area (Å²) in [6.45, 7) is 15.2. The third kappa shape index (κ3) is 5.04. The van der Waals surface area contributed by atoms with Crippen molar-refractivity contribution in [2.75, 3.05) is 0 Å². The number of imidazole rings is 1. The molecular formula is C29H36FN5O2Si. The lowest BCUT2D eigenvalue weighted by Crippen LogP contribution is -2.41. The highest BCUT2D eigenvalue weighted by Gasteiger charge is 2.38. The SMILES string of the molecule is Cc1cc(F)c(C(=O)NC2CC2)cc1-c1cnn(-c2cnc3ccc(C(C)O[Si](C)(C)C(C)(C)C)cn23)c1. The second-order valence-corrected chi connectivity index (χ2v) is 16.7. The Morgan fingerprint density at radius 2 is 1.92 bits per heavy atom. The van der Waals surface area contributed by atoms with E-state index >= 15 is 0 Å². The summed E-state index contributed by atoms with van der Waals surface area (Å²) in [6.07, 6.45) is 9.28. The maximum Gasteiger partial charge on any atom is 0.254 e. The van der Waals surface area contributed by atoms with Gasteiger partial charge in [-0.25, -0.2) is 14.1 Å². The van der Waals surface area contributed by atoms with Gasteiger partial charge < -0.3 is 9.74 Å². The molecule has 0 aliphatic heterocycles. The van der Waals surface area contributed by atoms with Gasteiger partial charge in [0.05, 0.1) is 24.1 Å². The number of amides is 1. The monoisotopic (exact) mass is 533 g/mol. The van der Waals surface area contributed by atoms with Crippen molar-refractivity contribution in [1.29, 1.82) is 0 Å². The van der Waals surface area contributed by atoms with Crippen molar-refractivity contribution >= 4 is 19.9 Å². The number of hydrogen-bond donors (Lipinski definition) is 1. The molecule has 1 fully saturated rings. The predicted molar refractivity (Wildman–Crippen MR) is 150 cm³/mol. The number of fused-ring (bicyclic) bond motifs is 1. The van der Waals surface area contributed by atoms with Gasteiger partial charge in [0.25, 0.3) is 5.91 Å². The number of carbonyl (C=O) groups is 1. The molecule has 1 aliphatic carbocycles. The van der Waals surface area contributed by atoms with Crippen molar-refractivity contribution in [3.63, 3.8) is 0 Å². The minimum Gasteiger partial charge on any atom is -0.410 e. The molecule has 0 saturated heterocycles. The Balaban J connectivity index is 1.46. The summed E-state index contributed by atoms with van der Waals surface area (Å²) in [5.74, 6) is -0.110. The fourth-order valence-electron chi connectivity index (χ4n) is 4.32. The molecule has 1 amide bonds. The summed E-state index contributed by atoms with van der Waals surface area (Å²) in [7, 11) is -1.94. The molecule has 1 unspecified atom stereocenters. The van der Waals surface area contributed by atoms with E-state index in [0.717, 1.165) is 46.6 Å². The van der Waals surface area contributed by atoms with Crippen molar-refractivity contribution in [2.24, 2.45) is 0 Å². The van der Waals surface area contributed by atoms with Crippen LogP contribution in [0.2, 0.25) is 18.1 Å². The Morgan fingerprint density at radius 3 is 2.61 bits per heavy atom. The van der Waals surface area contributed by atoms with E-state index in [-0.39, 0.29) is 28.7 Å². The summed E-state index contributed by atoms with van der Waals surface area (Å²) in [6, 6.07) is 7.25. The number of rotatable bonds is 7. The largest absolute Gasteiger partial charge is 0.410 e. The van der Waals surface area contributed by atoms with Crippen molar-refractivity contribution in [3.05, 3.63) is 71.6 Å². The number of halogens is 1. The summed E-state index contributed by atoms with van der Waals surface area (Å²) < 4.78 is 25.0. The van der Waals surface area contributed by atoms with Crippen molar-refractivity contribution in [2.45, 2.75) is 77.7 Å². The lowest BCUT2D eigenvalue weighted by Gasteiger charge is -2.38. The molecule has 1 N–H and O–H groups in total. The molecule has 9 heteroatoms. The van der Waals surface area contributed by atoms with Gasteiger partial charge in [0.15, 0.2) is 14.1 Å². The molecule has 3 aromatic heterocycles. The average molecular weight is 534 g/mol. The number of pyridine rings is 1. The number of nitrogens with zero attached hydrogens (tertiary/aromatic N) is 4. The zero-order valence-corrected chi connectivity index (χ0v) is 24.2. The van der Waals surface area contributed by atoms with Crippen molar-refractivity contribution in [3.8, 4) is 16.9 Å². The third-order valence-corrected chi connectivity index (χ3v) is 12.4. The highest BCUT2D eigenvalue weighted by Crippen LogP contribution is 2.39. The zero-order chi connectivity index (χ0) is 27.4. The van der Waals surface area contributed by atoms with Gasteiger partial charge in [-0.2, -0.15) is 5.10 Å². The molecule has 1 aliphatic rings. The quantitative estimate of drug-likeness (QED) is 0.271. The Kier molecular flexibility index (Phi) is 6.55. The number of carbonyl (C=O) groups excluding carboxylic acids is 1. The van der Waals surface area contributed by atoms with E-state index in [1.54, 1.807) is 23.1 Å². The topological polar surface area (TPSA) is 73.5 Å². The molecule has 0 bridgehead atoms. The van der Waals surface area contributed by atoms with Gasteiger partial charge in [-0.15, -0.1) is 0 Å². The molecule has 7 nitrogen and oxygen atoms in total. The molecule has 0 spiro atoms. The first-order valence-corrected chi connectivity index (χ1v) is 16.1. The van der Waals surface area contributed by atoms with Crippen LogP contribution in [0.3, 0.4) is 0 Å². The van der Waals surface area contributed by atoms with Gasteiger partial charge in [0.1, 0.15) is 11.5 Å². The molecule has 5 rings (SSSR count). The van der Waals surface area contributed by atoms with Gasteiger partial charge >= 0.3 is 0 Å². The van der Waals surface area contributed by atoms with Gasteiger partial charge in [0.2, 0.25) is 0 Å². The minimum atomic E-state index is -1.94. The van der Waals surface area contributed by atoms with Crippen LogP contribution in [0, 0.1) is 12.7 Å². The number of aromatic nitrogens is 4. The Bertz CT molecular complexity index is 1510. The third-order valence-electron chi connectivity index (χ3n) is 7.86. The molecule has 4 aromatic rings. The summed E-state index contributed by atoms with van der Waals surface area (Å²) in [4.78, 5) is 17.1. The van der Waals surface area contributed by atoms with Crippen LogP contribution in [0.15, 0.2) is 49.1 Å². The van der Waals surface area contributed by atoms with Gasteiger partial charge in [0, 0.05) is 24.0 Å². The average Bonchev–Trinajstić information content (AvgIpc) is 3.34. The Labute approximate surface area is 224 Å². The maximum atomic E-state index is 14.6. The van der Waals surface area contributed by atoms with Gasteiger partial charge in [-0.05, 0) is 79.7 Å². The first kappa shape index (κ1) is 26.3. The zero-order valence-electron chi connectivity index (χ0n) is 23.2. The molecule has 3 heterocycles. The number of nitrogens with one attached hydrogen (secondary N) is 1. The Hall–Kier alpha value is -3.30. The molecule has 0 radical (unpaired) electrons. The van der Waals surface area contributed by atoms with E-state index < -0.39 is 14.1 Å². The molecule has 38 heavy (non-hydrogen) atoms. The first-order valence-electron chi connectivity index (χ1n) is 13.2. The lowest BCUT2D eigenvalue weighted by atomic mass is 9.99. The molecule has 1 atom stereocenters. The van der Waals surface area contributed by atoms with Crippen molar-refractivity contribution in [1.82, 2.24) is 24.5 Å². The predicted octanol–water partition coefficient (Wildman–Crippen LogP) is 6.61. The highest BCUT2D eigenvalue weighted by molar-refractivity contribution is 6.74. The molecule has 200 valence electrons. The van der Waals surface area contributed by atoms with E-state index in [1.807, 2.05) is 23.6 Å². The van der Waals surface area contributed by atoms with Crippen LogP contribution in [0.25, 0.3) is 22.6 Å². The van der Waals surface area contributed by atoms with Gasteiger partial charge in [-0.1, -0.05) is 26.8 Å². The number of hydrogen-bond acceptors (Lipinski definition) is 4. The van der Waals surface area contributed by atoms with E-state index in [1.165, 1.54) is 6.07 Å². The van der Waals surface area contributed by atoms with Crippen LogP contribution >= 0.6 is 0 Å². The summed E-state index contributed by atoms with van der Waals surface area (Å²) >= 11 is 0. The van der Waals surface area contributed by atoms with E-state index in [2.05, 4.69) is 68.5 Å². The van der Waals surface area contributed by atoms with E-state index in [9.17, 15) is 9.18 Å². The number of benzene rings is 1. The van der Waals surface area contributed by atoms with Crippen LogP contribution in [0.5, 0.6) is 0 Å². The molecular weight excluding hydrogens is 497 g/mol. The van der Waals surface area contributed by atoms with Gasteiger partial charge in [-0.3, -0.25) is 9.20 Å². The van der Waals surface area contributed by atoms with Crippen molar-refractivity contribution < 1.29 is 13.6 Å². The van der Waals surface area contributed by atoms with Crippen LogP contribution in [0.4, 0.5) is 4.39 Å². The van der Waals surface area contributed by atoms with Crippen LogP contribution in [-0.4, -0.2) is 39.4 Å². The van der Waals surface area contributed by atoms with Crippen LogP contribution < -0.4 is 5.32 Å². The fourth-order valence-corrected chi connectivity index (χ4v) is 5.69. The lowest BCUT2D eigenvalue weighted by molar-refractivity contribution is 0.0947. The number of aryl methyl sites for hydroxylation is 1. The highest BCUT2D eigenvalue weighted by atomic mass is 28.4. The minimum absolute atomic E-state index is 0.0559. The maximum absolute atomic E-state index is 14.6. The molecule has 1 saturated carbocycles. The smallest absolute Gasteiger partial charge is 0.254 e. The fraction of sp³-hybridized carbons (Fsp3) is 0.414. The Morgan fingerprint density at radius 1 is 1.18 bits per heavy atom. The first-order chi connectivity index (χ1) is 17.8. The standard InChI is InChI=1S/C29H36FN5O2Si/c1-18-12-25(30)24(28(36)33-22-9-10-22)13-23(18)21-14-32-35(17-21)27-15-31-26-11-8-20(16-34(26)27)19(2)37-38(6,7)29(3,4)5/h8,11-17,19,22H,9-10H2,1-7H3,(H,33,36). The second-order valence-electron chi connectivity index (χ2n) is 11.9. The molecule has 1 aromatic carbocycles. The normalized spacial score (nSPS) is 15.2. The van der Waals surface area contributed by atoms with E-state index in [4.69, 9.17) is 4.43 Å². The van der Waals surface area contributed by atoms with Crippen LogP contribution in [-0.2, 0) is 4.43 Å². The summed E-state index contributed by atoms with van der Waals surface area (Å²) in [5, 5.41) is 7.58.